The Kier molecular flexibility index (Phi) is 13.7. The smallest absolute Gasteiger partial charge is 0.220 e. The zero-order valence-electron chi connectivity index (χ0n) is 35.3. The number of hydrogen-bond donors (Lipinski definition) is 2. The highest BCUT2D eigenvalue weighted by Gasteiger charge is 2.22. The summed E-state index contributed by atoms with van der Waals surface area (Å²) in [5, 5.41) is 10.9. The first-order valence-electron chi connectivity index (χ1n) is 21.1. The number of pyridine rings is 2. The molecule has 1 aliphatic rings. The fourth-order valence-corrected chi connectivity index (χ4v) is 9.04. The second kappa shape index (κ2) is 19.4. The van der Waals surface area contributed by atoms with E-state index in [0.29, 0.717) is 25.9 Å². The minimum absolute atomic E-state index is 0.0406. The number of rotatable bonds is 18. The molecule has 0 atom stereocenters. The highest BCUT2D eigenvalue weighted by Crippen LogP contribution is 2.45. The van der Waals surface area contributed by atoms with E-state index >= 15 is 0 Å². The van der Waals surface area contributed by atoms with Crippen molar-refractivity contribution in [3.05, 3.63) is 114 Å². The Hall–Kier alpha value is -5.61. The summed E-state index contributed by atoms with van der Waals surface area (Å²) < 4.78 is 4.77. The molecule has 2 amide bonds. The maximum atomic E-state index is 12.6. The van der Waals surface area contributed by atoms with Gasteiger partial charge in [0.05, 0.1) is 16.1 Å². The van der Waals surface area contributed by atoms with Crippen molar-refractivity contribution in [1.82, 2.24) is 10.6 Å². The van der Waals surface area contributed by atoms with Crippen LogP contribution in [0.4, 0.5) is 17.1 Å². The second-order valence-electron chi connectivity index (χ2n) is 16.0. The standard InChI is InChI=1S/C49H57N7O2S/c1-52(2)39-24-22-37-32-38-23-25-40(53(3)4)35-45(38)56(44(37)34-39)30-15-7-9-21-48(58)51-28-27-50-47(57)20-8-6-14-29-55-31-26-36(41-16-10-11-17-42(41)55)33-49-54(5)43-18-12-13-19-46(43)59-49/h10-13,16-19,22-26,31-35H,6-9,14-15,20-21,27-30H2,1-5H3/p+2. The number of benzene rings is 4. The maximum Gasteiger partial charge on any atom is 0.220 e. The van der Waals surface area contributed by atoms with Crippen molar-refractivity contribution < 1.29 is 18.7 Å². The molecule has 2 N–H and O–H groups in total. The van der Waals surface area contributed by atoms with Gasteiger partial charge in [-0.05, 0) is 85.9 Å². The fraction of sp³-hybridized carbons (Fsp3) is 0.347. The number of carbonyl (C=O) groups is 2. The molecule has 0 aliphatic carbocycles. The SMILES string of the molecule is CN(C)c1ccc2cc3ccc(N(C)C)cc3[n+](CCCCCC(=O)NCCNC(=O)CCCCC[n+]3ccc(C=C4Sc5ccccc5N4C)c4ccccc43)c2c1. The van der Waals surface area contributed by atoms with Crippen LogP contribution in [0.2, 0.25) is 0 Å². The summed E-state index contributed by atoms with van der Waals surface area (Å²) >= 11 is 1.81. The van der Waals surface area contributed by atoms with Crippen LogP contribution in [-0.2, 0) is 22.7 Å². The van der Waals surface area contributed by atoms with Crippen LogP contribution in [0.1, 0.15) is 56.9 Å². The molecule has 0 saturated carbocycles. The lowest BCUT2D eigenvalue weighted by molar-refractivity contribution is -0.671. The Morgan fingerprint density at radius 1 is 0.661 bits per heavy atom. The second-order valence-corrected chi connectivity index (χ2v) is 17.0. The van der Waals surface area contributed by atoms with Gasteiger partial charge in [-0.15, -0.1) is 0 Å². The van der Waals surface area contributed by atoms with Crippen LogP contribution in [0.15, 0.2) is 113 Å². The average Bonchev–Trinajstić information content (AvgIpc) is 3.56. The minimum atomic E-state index is 0.0406. The van der Waals surface area contributed by atoms with Crippen LogP contribution in [0.25, 0.3) is 38.8 Å². The average molecular weight is 810 g/mol. The van der Waals surface area contributed by atoms with Crippen molar-refractivity contribution in [2.75, 3.05) is 63.0 Å². The first kappa shape index (κ1) is 41.5. The third-order valence-electron chi connectivity index (χ3n) is 11.3. The van der Waals surface area contributed by atoms with Gasteiger partial charge in [-0.1, -0.05) is 36.0 Å². The molecule has 0 radical (unpaired) electrons. The van der Waals surface area contributed by atoms with Gasteiger partial charge in [-0.3, -0.25) is 9.59 Å². The van der Waals surface area contributed by atoms with Crippen LogP contribution in [-0.4, -0.2) is 60.1 Å². The molecule has 0 fully saturated rings. The van der Waals surface area contributed by atoms with Crippen LogP contribution in [0.3, 0.4) is 0 Å². The first-order valence-corrected chi connectivity index (χ1v) is 21.9. The Morgan fingerprint density at radius 2 is 1.25 bits per heavy atom. The van der Waals surface area contributed by atoms with E-state index in [4.69, 9.17) is 0 Å². The predicted octanol–water partition coefficient (Wildman–Crippen LogP) is 8.45. The Morgan fingerprint density at radius 3 is 1.88 bits per heavy atom. The molecule has 0 spiro atoms. The minimum Gasteiger partial charge on any atom is -0.377 e. The quantitative estimate of drug-likeness (QED) is 0.0516. The largest absolute Gasteiger partial charge is 0.377 e. The summed E-state index contributed by atoms with van der Waals surface area (Å²) in [7, 11) is 10.4. The Balaban J connectivity index is 0.797. The number of aromatic nitrogens is 2. The topological polar surface area (TPSA) is 75.7 Å². The summed E-state index contributed by atoms with van der Waals surface area (Å²) in [6, 6.07) is 35.0. The Bertz CT molecular complexity index is 2410. The number of hydrogen-bond acceptors (Lipinski definition) is 6. The normalized spacial score (nSPS) is 13.0. The molecule has 4 aromatic carbocycles. The number of aryl methyl sites for hydroxylation is 2. The first-order chi connectivity index (χ1) is 28.7. The molecule has 9 nitrogen and oxygen atoms in total. The van der Waals surface area contributed by atoms with Gasteiger partial charge >= 0.3 is 0 Å². The van der Waals surface area contributed by atoms with Crippen molar-refractivity contribution in [3.8, 4) is 0 Å². The molecule has 0 saturated heterocycles. The molecule has 3 heterocycles. The molecule has 7 rings (SSSR count). The number of thioether (sulfide) groups is 1. The van der Waals surface area contributed by atoms with Crippen LogP contribution < -0.4 is 34.5 Å². The van der Waals surface area contributed by atoms with Crippen LogP contribution >= 0.6 is 11.8 Å². The van der Waals surface area contributed by atoms with E-state index in [2.05, 4.69) is 179 Å². The number of para-hydroxylation sites is 2. The van der Waals surface area contributed by atoms with Crippen molar-refractivity contribution in [1.29, 1.82) is 0 Å². The number of carbonyl (C=O) groups excluding carboxylic acids is 2. The lowest BCUT2D eigenvalue weighted by Gasteiger charge is -2.15. The van der Waals surface area contributed by atoms with Crippen molar-refractivity contribution in [2.45, 2.75) is 69.4 Å². The number of nitrogens with zero attached hydrogens (tertiary/aromatic N) is 5. The maximum absolute atomic E-state index is 12.6. The third kappa shape index (κ3) is 10.2. The summed E-state index contributed by atoms with van der Waals surface area (Å²) in [6.45, 7) is 2.68. The lowest BCUT2D eigenvalue weighted by Crippen LogP contribution is -2.36. The number of amides is 2. The van der Waals surface area contributed by atoms with E-state index in [1.54, 1.807) is 0 Å². The molecular formula is C49H59N7O2S+2. The van der Waals surface area contributed by atoms with Gasteiger partial charge in [0.15, 0.2) is 6.20 Å². The summed E-state index contributed by atoms with van der Waals surface area (Å²) in [6.07, 6.45) is 11.0. The van der Waals surface area contributed by atoms with E-state index in [9.17, 15) is 9.59 Å². The zero-order chi connectivity index (χ0) is 41.3. The molecular weight excluding hydrogens is 751 g/mol. The molecule has 2 aromatic heterocycles. The van der Waals surface area contributed by atoms with Gasteiger partial charge in [-0.25, -0.2) is 0 Å². The lowest BCUT2D eigenvalue weighted by atomic mass is 10.1. The van der Waals surface area contributed by atoms with E-state index in [0.717, 1.165) is 51.6 Å². The monoisotopic (exact) mass is 809 g/mol. The Labute approximate surface area is 353 Å². The number of unbranched alkanes of at least 4 members (excludes halogenated alkanes) is 4. The van der Waals surface area contributed by atoms with Crippen LogP contribution in [0.5, 0.6) is 0 Å². The van der Waals surface area contributed by atoms with Crippen LogP contribution in [0, 0.1) is 0 Å². The van der Waals surface area contributed by atoms with Gasteiger partial charge < -0.3 is 25.3 Å². The summed E-state index contributed by atoms with van der Waals surface area (Å²) in [4.78, 5) is 33.0. The molecule has 6 aromatic rings. The molecule has 10 heteroatoms. The van der Waals surface area contributed by atoms with E-state index in [1.807, 2.05) is 11.8 Å². The number of nitrogens with one attached hydrogen (secondary N) is 2. The fourth-order valence-electron chi connectivity index (χ4n) is 7.94. The van der Waals surface area contributed by atoms with Crippen molar-refractivity contribution >= 4 is 79.4 Å². The zero-order valence-corrected chi connectivity index (χ0v) is 36.2. The van der Waals surface area contributed by atoms with E-state index < -0.39 is 0 Å². The summed E-state index contributed by atoms with van der Waals surface area (Å²) in [5.74, 6) is 0.0827. The van der Waals surface area contributed by atoms with Crippen molar-refractivity contribution in [2.24, 2.45) is 0 Å². The van der Waals surface area contributed by atoms with Gasteiger partial charge in [-0.2, -0.15) is 9.13 Å². The van der Waals surface area contributed by atoms with Gasteiger partial charge in [0.2, 0.25) is 28.4 Å². The summed E-state index contributed by atoms with van der Waals surface area (Å²) in [5.41, 5.74) is 8.48. The predicted molar refractivity (Wildman–Crippen MR) is 246 cm³/mol. The van der Waals surface area contributed by atoms with Gasteiger partial charge in [0.25, 0.3) is 0 Å². The molecule has 0 bridgehead atoms. The van der Waals surface area contributed by atoms with E-state index in [1.165, 1.54) is 65.3 Å². The third-order valence-corrected chi connectivity index (χ3v) is 12.5. The highest BCUT2D eigenvalue weighted by atomic mass is 32.2. The molecule has 306 valence electrons. The van der Waals surface area contributed by atoms with E-state index in [-0.39, 0.29) is 11.8 Å². The molecule has 59 heavy (non-hydrogen) atoms. The highest BCUT2D eigenvalue weighted by molar-refractivity contribution is 8.03. The number of fused-ring (bicyclic) bond motifs is 4. The van der Waals surface area contributed by atoms with Gasteiger partial charge in [0.1, 0.15) is 13.1 Å². The molecule has 0 unspecified atom stereocenters. The van der Waals surface area contributed by atoms with Gasteiger partial charge in [0, 0.05) is 125 Å². The van der Waals surface area contributed by atoms with Crippen molar-refractivity contribution in [3.63, 3.8) is 0 Å². The number of anilines is 3. The molecule has 1 aliphatic heterocycles.